The third-order valence-corrected chi connectivity index (χ3v) is 3.07. The van der Waals surface area contributed by atoms with Crippen molar-refractivity contribution < 1.29 is 4.79 Å². The second-order valence-electron chi connectivity index (χ2n) is 4.73. The zero-order valence-electron chi connectivity index (χ0n) is 11.7. The van der Waals surface area contributed by atoms with Gasteiger partial charge in [0.2, 0.25) is 5.91 Å². The molecule has 0 heterocycles. The summed E-state index contributed by atoms with van der Waals surface area (Å²) in [5.74, 6) is 0.00405. The first-order valence-electron chi connectivity index (χ1n) is 6.86. The Morgan fingerprint density at radius 1 is 0.950 bits per heavy atom. The highest BCUT2D eigenvalue weighted by Crippen LogP contribution is 2.18. The Morgan fingerprint density at radius 2 is 1.65 bits per heavy atom. The lowest BCUT2D eigenvalue weighted by Crippen LogP contribution is -2.26. The number of carbonyl (C=O) groups is 1. The van der Waals surface area contributed by atoms with E-state index in [1.165, 1.54) is 18.1 Å². The third kappa shape index (κ3) is 4.43. The molecule has 2 aromatic rings. The van der Waals surface area contributed by atoms with Crippen LogP contribution in [0.1, 0.15) is 18.1 Å². The number of carbonyl (C=O) groups excluding carboxylic acids is 1. The number of anilines is 1. The normalized spacial score (nSPS) is 10.1. The minimum absolute atomic E-state index is 0.00405. The molecule has 3 heteroatoms. The fourth-order valence-corrected chi connectivity index (χ4v) is 2.10. The van der Waals surface area contributed by atoms with E-state index in [4.69, 9.17) is 0 Å². The predicted octanol–water partition coefficient (Wildman–Crippen LogP) is 2.83. The van der Waals surface area contributed by atoms with Crippen LogP contribution < -0.4 is 10.6 Å². The Kier molecular flexibility index (Phi) is 5.18. The second kappa shape index (κ2) is 7.34. The van der Waals surface area contributed by atoms with Crippen molar-refractivity contribution in [3.63, 3.8) is 0 Å². The van der Waals surface area contributed by atoms with Gasteiger partial charge in [0.1, 0.15) is 0 Å². The number of rotatable bonds is 6. The molecule has 0 aromatic heterocycles. The summed E-state index contributed by atoms with van der Waals surface area (Å²) < 4.78 is 0. The van der Waals surface area contributed by atoms with Gasteiger partial charge in [0.15, 0.2) is 0 Å². The molecule has 0 spiro atoms. The van der Waals surface area contributed by atoms with E-state index in [2.05, 4.69) is 53.1 Å². The molecule has 2 N–H and O–H groups in total. The van der Waals surface area contributed by atoms with Gasteiger partial charge < -0.3 is 10.6 Å². The molecule has 0 aliphatic heterocycles. The van der Waals surface area contributed by atoms with Gasteiger partial charge in [-0.2, -0.15) is 0 Å². The summed E-state index contributed by atoms with van der Waals surface area (Å²) in [6, 6.07) is 18.7. The summed E-state index contributed by atoms with van der Waals surface area (Å²) in [7, 11) is 0. The van der Waals surface area contributed by atoms with E-state index in [-0.39, 0.29) is 5.91 Å². The SMILES string of the molecule is CC(=O)NCCNc1ccccc1Cc1ccccc1. The smallest absolute Gasteiger partial charge is 0.216 e. The fraction of sp³-hybridized carbons (Fsp3) is 0.235. The zero-order chi connectivity index (χ0) is 14.2. The standard InChI is InChI=1S/C17H20N2O/c1-14(20)18-11-12-19-17-10-6-5-9-16(17)13-15-7-3-2-4-8-15/h2-10,19H,11-13H2,1H3,(H,18,20). The largest absolute Gasteiger partial charge is 0.383 e. The Labute approximate surface area is 120 Å². The Hall–Kier alpha value is -2.29. The average molecular weight is 268 g/mol. The number of nitrogens with one attached hydrogen (secondary N) is 2. The van der Waals surface area contributed by atoms with Crippen molar-refractivity contribution in [2.45, 2.75) is 13.3 Å². The summed E-state index contributed by atoms with van der Waals surface area (Å²) in [5, 5.41) is 6.16. The quantitative estimate of drug-likeness (QED) is 0.791. The Balaban J connectivity index is 1.97. The maximum Gasteiger partial charge on any atom is 0.216 e. The molecular formula is C17H20N2O. The molecule has 20 heavy (non-hydrogen) atoms. The van der Waals surface area contributed by atoms with E-state index in [9.17, 15) is 4.79 Å². The van der Waals surface area contributed by atoms with Crippen LogP contribution in [-0.4, -0.2) is 19.0 Å². The van der Waals surface area contributed by atoms with Crippen LogP contribution in [0, 0.1) is 0 Å². The first-order valence-corrected chi connectivity index (χ1v) is 6.86. The van der Waals surface area contributed by atoms with Crippen LogP contribution in [0.5, 0.6) is 0 Å². The van der Waals surface area contributed by atoms with Gasteiger partial charge in [-0.3, -0.25) is 4.79 Å². The van der Waals surface area contributed by atoms with Gasteiger partial charge in [0.25, 0.3) is 0 Å². The number of amides is 1. The fourth-order valence-electron chi connectivity index (χ4n) is 2.10. The van der Waals surface area contributed by atoms with Gasteiger partial charge in [0.05, 0.1) is 0 Å². The van der Waals surface area contributed by atoms with E-state index in [0.29, 0.717) is 6.54 Å². The van der Waals surface area contributed by atoms with Gasteiger partial charge in [0, 0.05) is 25.7 Å². The molecule has 1 amide bonds. The summed E-state index contributed by atoms with van der Waals surface area (Å²) in [4.78, 5) is 10.8. The minimum Gasteiger partial charge on any atom is -0.383 e. The van der Waals surface area contributed by atoms with E-state index < -0.39 is 0 Å². The molecule has 0 aliphatic rings. The molecule has 104 valence electrons. The molecule has 0 bridgehead atoms. The average Bonchev–Trinajstić information content (AvgIpc) is 2.46. The highest BCUT2D eigenvalue weighted by molar-refractivity contribution is 5.72. The van der Waals surface area contributed by atoms with E-state index in [1.807, 2.05) is 12.1 Å². The van der Waals surface area contributed by atoms with Gasteiger partial charge >= 0.3 is 0 Å². The van der Waals surface area contributed by atoms with Crippen molar-refractivity contribution in [2.75, 3.05) is 18.4 Å². The van der Waals surface area contributed by atoms with Crippen LogP contribution in [0.2, 0.25) is 0 Å². The summed E-state index contributed by atoms with van der Waals surface area (Å²) >= 11 is 0. The summed E-state index contributed by atoms with van der Waals surface area (Å²) in [6.07, 6.45) is 0.907. The molecule has 0 aliphatic carbocycles. The van der Waals surface area contributed by atoms with E-state index in [1.54, 1.807) is 0 Å². The van der Waals surface area contributed by atoms with Crippen molar-refractivity contribution in [2.24, 2.45) is 0 Å². The second-order valence-corrected chi connectivity index (χ2v) is 4.73. The summed E-state index contributed by atoms with van der Waals surface area (Å²) in [6.45, 7) is 2.89. The van der Waals surface area contributed by atoms with Crippen molar-refractivity contribution in [3.05, 3.63) is 65.7 Å². The first kappa shape index (κ1) is 14.1. The van der Waals surface area contributed by atoms with Crippen LogP contribution >= 0.6 is 0 Å². The van der Waals surface area contributed by atoms with Crippen molar-refractivity contribution >= 4 is 11.6 Å². The predicted molar refractivity (Wildman–Crippen MR) is 82.9 cm³/mol. The lowest BCUT2D eigenvalue weighted by atomic mass is 10.0. The molecule has 0 unspecified atom stereocenters. The number of hydrogen-bond donors (Lipinski definition) is 2. The maximum absolute atomic E-state index is 10.8. The zero-order valence-corrected chi connectivity index (χ0v) is 11.7. The van der Waals surface area contributed by atoms with Gasteiger partial charge in [-0.05, 0) is 23.6 Å². The monoisotopic (exact) mass is 268 g/mol. The highest BCUT2D eigenvalue weighted by Gasteiger charge is 2.02. The molecular weight excluding hydrogens is 248 g/mol. The Morgan fingerprint density at radius 3 is 2.40 bits per heavy atom. The molecule has 0 fully saturated rings. The van der Waals surface area contributed by atoms with E-state index in [0.717, 1.165) is 18.7 Å². The minimum atomic E-state index is 0.00405. The van der Waals surface area contributed by atoms with Crippen LogP contribution in [-0.2, 0) is 11.2 Å². The molecule has 3 nitrogen and oxygen atoms in total. The molecule has 0 atom stereocenters. The van der Waals surface area contributed by atoms with Gasteiger partial charge in [-0.25, -0.2) is 0 Å². The number of benzene rings is 2. The molecule has 2 aromatic carbocycles. The highest BCUT2D eigenvalue weighted by atomic mass is 16.1. The van der Waals surface area contributed by atoms with Crippen LogP contribution in [0.4, 0.5) is 5.69 Å². The number of para-hydroxylation sites is 1. The van der Waals surface area contributed by atoms with Crippen LogP contribution in [0.3, 0.4) is 0 Å². The molecule has 0 radical (unpaired) electrons. The lowest BCUT2D eigenvalue weighted by molar-refractivity contribution is -0.118. The van der Waals surface area contributed by atoms with Gasteiger partial charge in [-0.15, -0.1) is 0 Å². The van der Waals surface area contributed by atoms with E-state index >= 15 is 0 Å². The van der Waals surface area contributed by atoms with Crippen LogP contribution in [0.25, 0.3) is 0 Å². The maximum atomic E-state index is 10.8. The molecule has 2 rings (SSSR count). The van der Waals surface area contributed by atoms with Crippen molar-refractivity contribution in [1.29, 1.82) is 0 Å². The first-order chi connectivity index (χ1) is 9.75. The van der Waals surface area contributed by atoms with Crippen LogP contribution in [0.15, 0.2) is 54.6 Å². The topological polar surface area (TPSA) is 41.1 Å². The van der Waals surface area contributed by atoms with Gasteiger partial charge in [-0.1, -0.05) is 48.5 Å². The summed E-state index contributed by atoms with van der Waals surface area (Å²) in [5.41, 5.74) is 3.69. The number of hydrogen-bond acceptors (Lipinski definition) is 2. The molecule has 0 saturated carbocycles. The molecule has 0 saturated heterocycles. The van der Waals surface area contributed by atoms with Crippen molar-refractivity contribution in [3.8, 4) is 0 Å². The van der Waals surface area contributed by atoms with Crippen molar-refractivity contribution in [1.82, 2.24) is 5.32 Å². The Bertz CT molecular complexity index is 552. The third-order valence-electron chi connectivity index (χ3n) is 3.07. The lowest BCUT2D eigenvalue weighted by Gasteiger charge is -2.12.